The number of hydrogen-bond acceptors (Lipinski definition) is 5. The highest BCUT2D eigenvalue weighted by molar-refractivity contribution is 6.00. The van der Waals surface area contributed by atoms with Gasteiger partial charge in [-0.3, -0.25) is 19.3 Å². The fraction of sp³-hybridized carbons (Fsp3) is 0.273. The summed E-state index contributed by atoms with van der Waals surface area (Å²) < 4.78 is 6.90. The number of aryl methyl sites for hydroxylation is 1. The summed E-state index contributed by atoms with van der Waals surface area (Å²) in [6, 6.07) is 13.0. The zero-order valence-corrected chi connectivity index (χ0v) is 16.9. The number of amides is 2. The molecule has 1 aliphatic heterocycles. The van der Waals surface area contributed by atoms with Gasteiger partial charge in [-0.25, -0.2) is 0 Å². The lowest BCUT2D eigenvalue weighted by atomic mass is 10.1. The molecule has 1 fully saturated rings. The number of carbonyl (C=O) groups excluding carboxylic acids is 2. The number of pyridine rings is 1. The van der Waals surface area contributed by atoms with Crippen molar-refractivity contribution in [3.05, 3.63) is 60.6 Å². The minimum Gasteiger partial charge on any atom is -0.497 e. The standard InChI is InChI=1S/C22H23N5O3/c1-26-18(11-20(25-26)15-4-3-9-23-12-15)13-24-22(29)16-10-21(28)27(14-16)17-5-7-19(30-2)8-6-17/h3-9,11-12,16H,10,13-14H2,1-2H3,(H,24,29). The molecule has 4 rings (SSSR count). The van der Waals surface area contributed by atoms with Gasteiger partial charge in [-0.2, -0.15) is 5.10 Å². The molecule has 0 saturated carbocycles. The third kappa shape index (κ3) is 4.03. The average Bonchev–Trinajstić information content (AvgIpc) is 3.35. The van der Waals surface area contributed by atoms with E-state index < -0.39 is 0 Å². The SMILES string of the molecule is COc1ccc(N2CC(C(=O)NCc3cc(-c4cccnc4)nn3C)CC2=O)cc1. The number of rotatable bonds is 6. The maximum absolute atomic E-state index is 12.7. The molecule has 1 saturated heterocycles. The number of hydrogen-bond donors (Lipinski definition) is 1. The molecule has 1 unspecified atom stereocenters. The molecular weight excluding hydrogens is 382 g/mol. The van der Waals surface area contributed by atoms with E-state index in [1.807, 2.05) is 37.4 Å². The summed E-state index contributed by atoms with van der Waals surface area (Å²) in [5.41, 5.74) is 3.36. The Morgan fingerprint density at radius 2 is 2.07 bits per heavy atom. The smallest absolute Gasteiger partial charge is 0.227 e. The van der Waals surface area contributed by atoms with Crippen LogP contribution < -0.4 is 15.0 Å². The fourth-order valence-electron chi connectivity index (χ4n) is 3.54. The molecule has 3 heterocycles. The quantitative estimate of drug-likeness (QED) is 0.679. The van der Waals surface area contributed by atoms with Crippen LogP contribution in [0.3, 0.4) is 0 Å². The van der Waals surface area contributed by atoms with E-state index in [1.54, 1.807) is 41.2 Å². The summed E-state index contributed by atoms with van der Waals surface area (Å²) in [4.78, 5) is 30.9. The Bertz CT molecular complexity index is 1050. The van der Waals surface area contributed by atoms with Crippen LogP contribution in [0.5, 0.6) is 5.75 Å². The molecule has 1 aliphatic rings. The van der Waals surface area contributed by atoms with Crippen molar-refractivity contribution >= 4 is 17.5 Å². The highest BCUT2D eigenvalue weighted by Crippen LogP contribution is 2.27. The Balaban J connectivity index is 1.38. The summed E-state index contributed by atoms with van der Waals surface area (Å²) in [5.74, 6) is 0.148. The molecule has 1 aromatic carbocycles. The van der Waals surface area contributed by atoms with Gasteiger partial charge in [0.05, 0.1) is 31.0 Å². The van der Waals surface area contributed by atoms with Gasteiger partial charge in [0.15, 0.2) is 0 Å². The minimum absolute atomic E-state index is 0.0558. The lowest BCUT2D eigenvalue weighted by Crippen LogP contribution is -2.33. The number of nitrogens with zero attached hydrogens (tertiary/aromatic N) is 4. The maximum Gasteiger partial charge on any atom is 0.227 e. The Morgan fingerprint density at radius 1 is 1.27 bits per heavy atom. The van der Waals surface area contributed by atoms with Crippen LogP contribution in [0.1, 0.15) is 12.1 Å². The van der Waals surface area contributed by atoms with E-state index in [0.29, 0.717) is 13.1 Å². The van der Waals surface area contributed by atoms with Gasteiger partial charge >= 0.3 is 0 Å². The van der Waals surface area contributed by atoms with Gasteiger partial charge in [-0.05, 0) is 42.5 Å². The van der Waals surface area contributed by atoms with Crippen LogP contribution in [0.2, 0.25) is 0 Å². The molecule has 154 valence electrons. The molecule has 8 heteroatoms. The Labute approximate surface area is 174 Å². The molecule has 1 N–H and O–H groups in total. The predicted octanol–water partition coefficient (Wildman–Crippen LogP) is 2.16. The number of aromatic nitrogens is 3. The number of benzene rings is 1. The van der Waals surface area contributed by atoms with Gasteiger partial charge < -0.3 is 15.0 Å². The van der Waals surface area contributed by atoms with E-state index in [2.05, 4.69) is 15.4 Å². The van der Waals surface area contributed by atoms with Gasteiger partial charge in [0.1, 0.15) is 5.75 Å². The lowest BCUT2D eigenvalue weighted by molar-refractivity contribution is -0.126. The van der Waals surface area contributed by atoms with Crippen LogP contribution in [0.4, 0.5) is 5.69 Å². The highest BCUT2D eigenvalue weighted by atomic mass is 16.5. The number of carbonyl (C=O) groups is 2. The van der Waals surface area contributed by atoms with Gasteiger partial charge in [0, 0.05) is 43.7 Å². The molecule has 30 heavy (non-hydrogen) atoms. The molecule has 3 aromatic rings. The summed E-state index contributed by atoms with van der Waals surface area (Å²) >= 11 is 0. The lowest BCUT2D eigenvalue weighted by Gasteiger charge is -2.17. The molecule has 0 bridgehead atoms. The van der Waals surface area contributed by atoms with Crippen molar-refractivity contribution in [1.29, 1.82) is 0 Å². The first-order chi connectivity index (χ1) is 14.5. The average molecular weight is 405 g/mol. The molecule has 2 aromatic heterocycles. The van der Waals surface area contributed by atoms with E-state index >= 15 is 0 Å². The Kier molecular flexibility index (Phi) is 5.47. The van der Waals surface area contributed by atoms with Crippen molar-refractivity contribution in [2.75, 3.05) is 18.6 Å². The number of ether oxygens (including phenoxy) is 1. The van der Waals surface area contributed by atoms with Crippen molar-refractivity contribution in [1.82, 2.24) is 20.1 Å². The van der Waals surface area contributed by atoms with Crippen molar-refractivity contribution in [3.63, 3.8) is 0 Å². The zero-order valence-electron chi connectivity index (χ0n) is 16.9. The van der Waals surface area contributed by atoms with Crippen molar-refractivity contribution in [2.45, 2.75) is 13.0 Å². The van der Waals surface area contributed by atoms with E-state index in [9.17, 15) is 9.59 Å². The first kappa shape index (κ1) is 19.6. The molecule has 0 spiro atoms. The van der Waals surface area contributed by atoms with Gasteiger partial charge in [-0.1, -0.05) is 0 Å². The molecule has 0 aliphatic carbocycles. The van der Waals surface area contributed by atoms with Gasteiger partial charge in [0.25, 0.3) is 0 Å². The second-order valence-electron chi connectivity index (χ2n) is 7.21. The first-order valence-electron chi connectivity index (χ1n) is 9.70. The maximum atomic E-state index is 12.7. The summed E-state index contributed by atoms with van der Waals surface area (Å²) in [7, 11) is 3.43. The minimum atomic E-state index is -0.384. The summed E-state index contributed by atoms with van der Waals surface area (Å²) in [5, 5.41) is 7.43. The van der Waals surface area contributed by atoms with Crippen LogP contribution in [-0.2, 0) is 23.2 Å². The van der Waals surface area contributed by atoms with E-state index in [-0.39, 0.29) is 24.2 Å². The van der Waals surface area contributed by atoms with Crippen LogP contribution in [-0.4, -0.2) is 40.2 Å². The van der Waals surface area contributed by atoms with Crippen LogP contribution in [0.15, 0.2) is 54.9 Å². The highest BCUT2D eigenvalue weighted by Gasteiger charge is 2.35. The Morgan fingerprint density at radius 3 is 2.77 bits per heavy atom. The van der Waals surface area contributed by atoms with Crippen molar-refractivity contribution in [3.8, 4) is 17.0 Å². The third-order valence-corrected chi connectivity index (χ3v) is 5.26. The normalized spacial score (nSPS) is 16.0. The molecule has 8 nitrogen and oxygen atoms in total. The molecule has 0 radical (unpaired) electrons. The number of anilines is 1. The van der Waals surface area contributed by atoms with Crippen LogP contribution in [0.25, 0.3) is 11.3 Å². The van der Waals surface area contributed by atoms with Crippen molar-refractivity contribution in [2.24, 2.45) is 13.0 Å². The summed E-state index contributed by atoms with van der Waals surface area (Å²) in [6.45, 7) is 0.707. The van der Waals surface area contributed by atoms with E-state index in [1.165, 1.54) is 0 Å². The predicted molar refractivity (Wildman–Crippen MR) is 112 cm³/mol. The summed E-state index contributed by atoms with van der Waals surface area (Å²) in [6.07, 6.45) is 3.67. The van der Waals surface area contributed by atoms with E-state index in [4.69, 9.17) is 4.74 Å². The molecule has 2 amide bonds. The van der Waals surface area contributed by atoms with Gasteiger partial charge in [-0.15, -0.1) is 0 Å². The largest absolute Gasteiger partial charge is 0.497 e. The second kappa shape index (κ2) is 8.36. The number of methoxy groups -OCH3 is 1. The number of nitrogens with one attached hydrogen (secondary N) is 1. The topological polar surface area (TPSA) is 89.3 Å². The van der Waals surface area contributed by atoms with Crippen LogP contribution >= 0.6 is 0 Å². The monoisotopic (exact) mass is 405 g/mol. The zero-order chi connectivity index (χ0) is 21.1. The third-order valence-electron chi connectivity index (χ3n) is 5.26. The molecular formula is C22H23N5O3. The van der Waals surface area contributed by atoms with Gasteiger partial charge in [0.2, 0.25) is 11.8 Å². The first-order valence-corrected chi connectivity index (χ1v) is 9.70. The second-order valence-corrected chi connectivity index (χ2v) is 7.21. The van der Waals surface area contributed by atoms with Crippen molar-refractivity contribution < 1.29 is 14.3 Å². The Hall–Kier alpha value is -3.68. The van der Waals surface area contributed by atoms with E-state index in [0.717, 1.165) is 28.4 Å². The van der Waals surface area contributed by atoms with Crippen LogP contribution in [0, 0.1) is 5.92 Å². The molecule has 1 atom stereocenters. The fourth-order valence-corrected chi connectivity index (χ4v) is 3.54.